The molecule has 2 heterocycles. The molecule has 1 aromatic heterocycles. The summed E-state index contributed by atoms with van der Waals surface area (Å²) in [4.78, 5) is 19.4. The summed E-state index contributed by atoms with van der Waals surface area (Å²) in [7, 11) is 0. The van der Waals surface area contributed by atoms with Crippen LogP contribution in [-0.4, -0.2) is 39.5 Å². The third kappa shape index (κ3) is 4.94. The van der Waals surface area contributed by atoms with Crippen LogP contribution in [0.1, 0.15) is 44.0 Å². The second-order valence-electron chi connectivity index (χ2n) is 7.00. The zero-order valence-corrected chi connectivity index (χ0v) is 15.7. The van der Waals surface area contributed by atoms with E-state index < -0.39 is 0 Å². The van der Waals surface area contributed by atoms with Gasteiger partial charge in [-0.05, 0) is 31.4 Å². The number of hydrogen-bond acceptors (Lipinski definition) is 3. The van der Waals surface area contributed by atoms with Crippen LogP contribution in [-0.2, 0) is 24.3 Å². The maximum Gasteiger partial charge on any atom is 0.237 e. The zero-order chi connectivity index (χ0) is 18.2. The predicted octanol–water partition coefficient (Wildman–Crippen LogP) is 3.01. The zero-order valence-electron chi connectivity index (χ0n) is 15.7. The number of aryl methyl sites for hydroxylation is 2. The van der Waals surface area contributed by atoms with Gasteiger partial charge in [-0.3, -0.25) is 9.69 Å². The van der Waals surface area contributed by atoms with Gasteiger partial charge in [-0.25, -0.2) is 4.98 Å². The minimum absolute atomic E-state index is 0.00315. The number of likely N-dealkylation sites (tertiary alicyclic amines) is 1. The van der Waals surface area contributed by atoms with Gasteiger partial charge in [0.25, 0.3) is 0 Å². The molecule has 0 radical (unpaired) electrons. The Morgan fingerprint density at radius 2 is 2.12 bits per heavy atom. The van der Waals surface area contributed by atoms with E-state index in [-0.39, 0.29) is 11.9 Å². The number of rotatable bonds is 8. The molecule has 1 fully saturated rings. The van der Waals surface area contributed by atoms with Crippen molar-refractivity contribution in [3.8, 4) is 0 Å². The molecule has 1 aliphatic heterocycles. The molecular weight excluding hydrogens is 324 g/mol. The Morgan fingerprint density at radius 1 is 1.27 bits per heavy atom. The van der Waals surface area contributed by atoms with Gasteiger partial charge in [-0.2, -0.15) is 0 Å². The second kappa shape index (κ2) is 9.53. The van der Waals surface area contributed by atoms with Crippen molar-refractivity contribution in [2.24, 2.45) is 0 Å². The highest BCUT2D eigenvalue weighted by molar-refractivity contribution is 5.81. The number of piperidine rings is 1. The highest BCUT2D eigenvalue weighted by Crippen LogP contribution is 2.19. The van der Waals surface area contributed by atoms with E-state index in [1.807, 2.05) is 18.5 Å². The Balaban J connectivity index is 1.47. The van der Waals surface area contributed by atoms with Crippen molar-refractivity contribution in [1.29, 1.82) is 0 Å². The molecule has 0 spiro atoms. The SMILES string of the molecule is CCc1nccn1CCCNC(=O)C1CCCCN1Cc1ccccc1. The number of carbonyl (C=O) groups is 1. The Morgan fingerprint density at radius 3 is 2.92 bits per heavy atom. The minimum atomic E-state index is 0.00315. The fourth-order valence-corrected chi connectivity index (χ4v) is 3.73. The number of nitrogens with one attached hydrogen (secondary N) is 1. The van der Waals surface area contributed by atoms with Crippen LogP contribution in [0.3, 0.4) is 0 Å². The normalized spacial score (nSPS) is 18.0. The van der Waals surface area contributed by atoms with Gasteiger partial charge < -0.3 is 9.88 Å². The number of nitrogens with zero attached hydrogens (tertiary/aromatic N) is 3. The number of aromatic nitrogens is 2. The van der Waals surface area contributed by atoms with Crippen molar-refractivity contribution in [2.45, 2.75) is 58.2 Å². The van der Waals surface area contributed by atoms with Gasteiger partial charge in [-0.15, -0.1) is 0 Å². The first kappa shape index (κ1) is 18.6. The van der Waals surface area contributed by atoms with Crippen molar-refractivity contribution in [3.05, 3.63) is 54.1 Å². The molecule has 0 aliphatic carbocycles. The van der Waals surface area contributed by atoms with E-state index in [1.165, 1.54) is 12.0 Å². The summed E-state index contributed by atoms with van der Waals surface area (Å²) in [6.45, 7) is 5.60. The van der Waals surface area contributed by atoms with Gasteiger partial charge in [0.2, 0.25) is 5.91 Å². The first-order valence-corrected chi connectivity index (χ1v) is 9.83. The molecule has 1 unspecified atom stereocenters. The van der Waals surface area contributed by atoms with Crippen molar-refractivity contribution in [2.75, 3.05) is 13.1 Å². The second-order valence-corrected chi connectivity index (χ2v) is 7.00. The van der Waals surface area contributed by atoms with Gasteiger partial charge in [0.15, 0.2) is 0 Å². The summed E-state index contributed by atoms with van der Waals surface area (Å²) >= 11 is 0. The highest BCUT2D eigenvalue weighted by atomic mass is 16.2. The molecule has 0 bridgehead atoms. The first-order valence-electron chi connectivity index (χ1n) is 9.83. The lowest BCUT2D eigenvalue weighted by Gasteiger charge is -2.34. The summed E-state index contributed by atoms with van der Waals surface area (Å²) in [6.07, 6.45) is 9.01. The minimum Gasteiger partial charge on any atom is -0.355 e. The topological polar surface area (TPSA) is 50.2 Å². The quantitative estimate of drug-likeness (QED) is 0.742. The van der Waals surface area contributed by atoms with E-state index in [1.54, 1.807) is 0 Å². The van der Waals surface area contributed by atoms with E-state index >= 15 is 0 Å². The molecule has 1 saturated heterocycles. The van der Waals surface area contributed by atoms with Gasteiger partial charge in [0.05, 0.1) is 6.04 Å². The summed E-state index contributed by atoms with van der Waals surface area (Å²) < 4.78 is 2.18. The first-order chi connectivity index (χ1) is 12.8. The van der Waals surface area contributed by atoms with Crippen LogP contribution in [0.4, 0.5) is 0 Å². The summed E-state index contributed by atoms with van der Waals surface area (Å²) in [5.41, 5.74) is 1.28. The lowest BCUT2D eigenvalue weighted by atomic mass is 10.0. The molecule has 5 nitrogen and oxygen atoms in total. The average Bonchev–Trinajstić information content (AvgIpc) is 3.14. The predicted molar refractivity (Wildman–Crippen MR) is 104 cm³/mol. The van der Waals surface area contributed by atoms with Crippen LogP contribution >= 0.6 is 0 Å². The molecule has 0 saturated carbocycles. The fourth-order valence-electron chi connectivity index (χ4n) is 3.73. The molecule has 1 N–H and O–H groups in total. The Kier molecular flexibility index (Phi) is 6.83. The van der Waals surface area contributed by atoms with Gasteiger partial charge >= 0.3 is 0 Å². The maximum atomic E-state index is 12.7. The largest absolute Gasteiger partial charge is 0.355 e. The van der Waals surface area contributed by atoms with E-state index in [2.05, 4.69) is 51.0 Å². The molecule has 140 valence electrons. The summed E-state index contributed by atoms with van der Waals surface area (Å²) in [5.74, 6) is 1.29. The van der Waals surface area contributed by atoms with Crippen LogP contribution in [0.5, 0.6) is 0 Å². The molecule has 1 aromatic carbocycles. The smallest absolute Gasteiger partial charge is 0.237 e. The highest BCUT2D eigenvalue weighted by Gasteiger charge is 2.28. The van der Waals surface area contributed by atoms with E-state index in [9.17, 15) is 4.79 Å². The van der Waals surface area contributed by atoms with Crippen LogP contribution in [0, 0.1) is 0 Å². The monoisotopic (exact) mass is 354 g/mol. The van der Waals surface area contributed by atoms with Crippen molar-refractivity contribution in [1.82, 2.24) is 19.8 Å². The molecule has 2 aromatic rings. The van der Waals surface area contributed by atoms with Crippen molar-refractivity contribution >= 4 is 5.91 Å². The summed E-state index contributed by atoms with van der Waals surface area (Å²) in [6, 6.07) is 10.4. The molecule has 3 rings (SSSR count). The van der Waals surface area contributed by atoms with Crippen LogP contribution < -0.4 is 5.32 Å². The fraction of sp³-hybridized carbons (Fsp3) is 0.524. The summed E-state index contributed by atoms with van der Waals surface area (Å²) in [5, 5.41) is 3.15. The number of hydrogen-bond donors (Lipinski definition) is 1. The van der Waals surface area contributed by atoms with Gasteiger partial charge in [0, 0.05) is 38.4 Å². The Bertz CT molecular complexity index is 682. The molecule has 5 heteroatoms. The van der Waals surface area contributed by atoms with E-state index in [4.69, 9.17) is 0 Å². The molecule has 26 heavy (non-hydrogen) atoms. The van der Waals surface area contributed by atoms with Gasteiger partial charge in [-0.1, -0.05) is 43.7 Å². The number of imidazole rings is 1. The molecule has 1 atom stereocenters. The Labute approximate surface area is 156 Å². The molecule has 1 aliphatic rings. The van der Waals surface area contributed by atoms with E-state index in [0.717, 1.165) is 57.7 Å². The van der Waals surface area contributed by atoms with Crippen LogP contribution in [0.2, 0.25) is 0 Å². The molecular formula is C21H30N4O. The van der Waals surface area contributed by atoms with E-state index in [0.29, 0.717) is 0 Å². The van der Waals surface area contributed by atoms with Gasteiger partial charge in [0.1, 0.15) is 5.82 Å². The average molecular weight is 354 g/mol. The maximum absolute atomic E-state index is 12.7. The lowest BCUT2D eigenvalue weighted by molar-refractivity contribution is -0.127. The third-order valence-corrected chi connectivity index (χ3v) is 5.14. The van der Waals surface area contributed by atoms with Crippen LogP contribution in [0.15, 0.2) is 42.7 Å². The Hall–Kier alpha value is -2.14. The van der Waals surface area contributed by atoms with Crippen molar-refractivity contribution in [3.63, 3.8) is 0 Å². The lowest BCUT2D eigenvalue weighted by Crippen LogP contribution is -2.49. The van der Waals surface area contributed by atoms with Crippen LogP contribution in [0.25, 0.3) is 0 Å². The third-order valence-electron chi connectivity index (χ3n) is 5.14. The number of carbonyl (C=O) groups excluding carboxylic acids is 1. The number of amides is 1. The molecule has 1 amide bonds. The standard InChI is InChI=1S/C21H30N4O/c1-2-20-22-13-16-24(20)15-8-12-23-21(26)19-11-6-7-14-25(19)17-18-9-4-3-5-10-18/h3-5,9-10,13,16,19H,2,6-8,11-12,14-15,17H2,1H3,(H,23,26). The van der Waals surface area contributed by atoms with Crippen molar-refractivity contribution < 1.29 is 4.79 Å². The number of benzene rings is 1.